The number of nitrogens with zero attached hydrogens (tertiary/aromatic N) is 2. The molecule has 2 amide bonds. The van der Waals surface area contributed by atoms with E-state index < -0.39 is 18.4 Å². The van der Waals surface area contributed by atoms with Gasteiger partial charge in [0.25, 0.3) is 0 Å². The number of anilines is 2. The van der Waals surface area contributed by atoms with Crippen molar-refractivity contribution in [2.45, 2.75) is 18.7 Å². The number of fused-ring (bicyclic) bond motifs is 4. The first-order valence-corrected chi connectivity index (χ1v) is 11.4. The monoisotopic (exact) mass is 664 g/mol. The molecule has 2 aromatic carbocycles. The topological polar surface area (TPSA) is 88.5 Å². The molecule has 4 rings (SSSR count). The first-order chi connectivity index (χ1) is 15.0. The van der Waals surface area contributed by atoms with Crippen LogP contribution in [0.2, 0.25) is 0 Å². The Morgan fingerprint density at radius 3 is 2.75 bits per heavy atom. The molecule has 2 aromatic rings. The number of para-hydroxylation sites is 1. The van der Waals surface area contributed by atoms with Crippen molar-refractivity contribution >= 4 is 69.5 Å². The van der Waals surface area contributed by atoms with E-state index in [4.69, 9.17) is 13.7 Å². The minimum Gasteiger partial charge on any atom is 0 e. The molecule has 0 fully saturated rings. The van der Waals surface area contributed by atoms with Gasteiger partial charge in [0, 0.05) is 27.3 Å². The fourth-order valence-corrected chi connectivity index (χ4v) is 4.45. The van der Waals surface area contributed by atoms with Gasteiger partial charge >= 0.3 is 184 Å². The van der Waals surface area contributed by atoms with Crippen LogP contribution in [0.5, 0.6) is 11.5 Å². The summed E-state index contributed by atoms with van der Waals surface area (Å²) in [5.74, 6) is 0.201. The average molecular weight is 664 g/mol. The molecule has 0 saturated heterocycles. The molecule has 11 heteroatoms. The van der Waals surface area contributed by atoms with E-state index in [0.717, 1.165) is 10.5 Å². The first-order valence-electron chi connectivity index (χ1n) is 9.41. The van der Waals surface area contributed by atoms with E-state index in [0.29, 0.717) is 28.9 Å². The zero-order valence-corrected chi connectivity index (χ0v) is 23.4. The van der Waals surface area contributed by atoms with Crippen LogP contribution in [-0.4, -0.2) is 70.4 Å². The third kappa shape index (κ3) is 4.23. The minimum absolute atomic E-state index is 0. The zero-order valence-electron chi connectivity index (χ0n) is 17.2. The van der Waals surface area contributed by atoms with E-state index in [2.05, 4.69) is 14.4 Å². The summed E-state index contributed by atoms with van der Waals surface area (Å²) in [6, 6.07) is 9.69. The second kappa shape index (κ2) is 10.4. The van der Waals surface area contributed by atoms with Gasteiger partial charge in [0.2, 0.25) is 0 Å². The van der Waals surface area contributed by atoms with Crippen LogP contribution in [0.15, 0.2) is 49.1 Å². The summed E-state index contributed by atoms with van der Waals surface area (Å²) in [7, 11) is 5.50. The van der Waals surface area contributed by atoms with Crippen molar-refractivity contribution in [1.29, 1.82) is 0 Å². The van der Waals surface area contributed by atoms with E-state index in [1.165, 1.54) is 30.2 Å². The molecular weight excluding hydrogens is 644 g/mol. The van der Waals surface area contributed by atoms with Gasteiger partial charge in [0.15, 0.2) is 0 Å². The molecule has 1 N–H and O–H groups in total. The minimum atomic E-state index is -1.36. The number of benzene rings is 2. The molecule has 0 aliphatic carbocycles. The number of ether oxygens (including phenoxy) is 2. The number of methoxy groups -OCH3 is 1. The molecule has 32 heavy (non-hydrogen) atoms. The van der Waals surface area contributed by atoms with Gasteiger partial charge in [-0.3, -0.25) is 0 Å². The molecule has 1 unspecified atom stereocenters. The van der Waals surface area contributed by atoms with Crippen molar-refractivity contribution < 1.29 is 28.4 Å². The molecule has 1 radical (unpaired) electrons. The van der Waals surface area contributed by atoms with E-state index >= 15 is 0 Å². The molecule has 2 aliphatic rings. The Balaban J connectivity index is 0.00000289. The summed E-state index contributed by atoms with van der Waals surface area (Å²) in [6.07, 6.45) is -0.352. The van der Waals surface area contributed by atoms with Gasteiger partial charge in [0.1, 0.15) is 0 Å². The Morgan fingerprint density at radius 2 is 2.06 bits per heavy atom. The van der Waals surface area contributed by atoms with Crippen LogP contribution in [0.3, 0.4) is 0 Å². The summed E-state index contributed by atoms with van der Waals surface area (Å²) < 4.78 is 16.1. The van der Waals surface area contributed by atoms with E-state index in [-0.39, 0.29) is 56.8 Å². The Morgan fingerprint density at radius 1 is 1.31 bits per heavy atom. The van der Waals surface area contributed by atoms with Crippen LogP contribution < -0.4 is 18.7 Å². The number of aliphatic hydroxyl groups is 1. The zero-order chi connectivity index (χ0) is 22.1. The van der Waals surface area contributed by atoms with Crippen LogP contribution in [0.1, 0.15) is 15.9 Å². The van der Waals surface area contributed by atoms with Crippen molar-refractivity contribution in [2.24, 2.45) is 0 Å². The maximum atomic E-state index is 13.7. The summed E-state index contributed by atoms with van der Waals surface area (Å²) in [5, 5.41) is 11.3. The number of thiol groups is 1. The third-order valence-corrected chi connectivity index (χ3v) is 5.80. The van der Waals surface area contributed by atoms with Gasteiger partial charge in [-0.25, -0.2) is 0 Å². The van der Waals surface area contributed by atoms with Crippen molar-refractivity contribution in [3.63, 3.8) is 0 Å². The first kappa shape index (κ1) is 24.8. The molecule has 0 saturated carbocycles. The van der Waals surface area contributed by atoms with Crippen molar-refractivity contribution in [3.05, 3.63) is 60.2 Å². The van der Waals surface area contributed by atoms with Gasteiger partial charge in [0.05, 0.1) is 0 Å². The fourth-order valence-electron chi connectivity index (χ4n) is 3.96. The fraction of sp³-hybridized carbons (Fsp3) is 0.238. The van der Waals surface area contributed by atoms with E-state index in [9.17, 15) is 14.7 Å². The molecule has 2 atom stereocenters. The molecule has 0 spiro atoms. The summed E-state index contributed by atoms with van der Waals surface area (Å²) >= 11 is 0.294. The molecular formula is C21H20N2O6PSTl-. The number of aliphatic hydroxyl groups excluding tert-OH is 1. The van der Waals surface area contributed by atoms with Crippen molar-refractivity contribution in [1.82, 2.24) is 0 Å². The summed E-state index contributed by atoms with van der Waals surface area (Å²) in [6.45, 7) is 3.50. The van der Waals surface area contributed by atoms with Gasteiger partial charge in [-0.05, 0) is 0 Å². The second-order valence-electron chi connectivity index (χ2n) is 6.92. The van der Waals surface area contributed by atoms with Gasteiger partial charge < -0.3 is 0 Å². The van der Waals surface area contributed by atoms with E-state index in [1.54, 1.807) is 0 Å². The van der Waals surface area contributed by atoms with Crippen molar-refractivity contribution in [2.75, 3.05) is 23.5 Å². The molecule has 8 nitrogen and oxygen atoms in total. The number of rotatable bonds is 4. The predicted molar refractivity (Wildman–Crippen MR) is 126 cm³/mol. The maximum Gasteiger partial charge on any atom is 0 e. The Labute approximate surface area is 210 Å². The number of carbonyl (C=O) groups is 2. The van der Waals surface area contributed by atoms with Crippen molar-refractivity contribution in [3.8, 4) is 11.5 Å². The predicted octanol–water partition coefficient (Wildman–Crippen LogP) is 2.78. The Kier molecular flexibility index (Phi) is 8.07. The van der Waals surface area contributed by atoms with Crippen LogP contribution in [0, 0.1) is 0 Å². The van der Waals surface area contributed by atoms with Crippen LogP contribution in [0.4, 0.5) is 16.2 Å². The Hall–Kier alpha value is -1.82. The molecule has 165 valence electrons. The SMILES string of the molecule is C=CCOC(=O)N1c2cc(O[SH-]#P)c(OC)cc2C(=O)N2c3ccccc3C[C@H]2C1O.[Tl]. The second-order valence-corrected chi connectivity index (χ2v) is 7.75. The van der Waals surface area contributed by atoms with Crippen LogP contribution in [0.25, 0.3) is 0 Å². The number of carbonyl (C=O) groups excluding carboxylic acids is 2. The normalized spacial score (nSPS) is 18.5. The van der Waals surface area contributed by atoms with Gasteiger partial charge in [-0.1, -0.05) is 0 Å². The third-order valence-electron chi connectivity index (χ3n) is 5.27. The standard InChI is InChI=1S/C21H20N2O6PS.Tl/c1-3-8-28-21(26)23-15-11-18(29-31-30)17(27-2)10-13(15)19(24)22-14-7-5-4-6-12(14)9-16(22)20(23)25;/h3-7,10-11,16,20,25,31H,1,8-9H2,2H3;/q-1;/t16-,20?;/m0./s1. The number of hydrogen-bond acceptors (Lipinski definition) is 7. The smallest absolute Gasteiger partial charge is 0 e. The summed E-state index contributed by atoms with van der Waals surface area (Å²) in [5.41, 5.74) is 1.93. The quantitative estimate of drug-likeness (QED) is 0.178. The molecule has 0 bridgehead atoms. The Bertz CT molecular complexity index is 1120. The maximum absolute atomic E-state index is 13.7. The number of amides is 2. The molecule has 0 aromatic heterocycles. The van der Waals surface area contributed by atoms with E-state index in [1.807, 2.05) is 24.3 Å². The van der Waals surface area contributed by atoms with Gasteiger partial charge in [-0.15, -0.1) is 0 Å². The van der Waals surface area contributed by atoms with Crippen LogP contribution >= 0.6 is 7.81 Å². The molecule has 2 aliphatic heterocycles. The summed E-state index contributed by atoms with van der Waals surface area (Å²) in [4.78, 5) is 29.2. The average Bonchev–Trinajstić information content (AvgIpc) is 3.14. The number of hydrogen-bond donors (Lipinski definition) is 1. The van der Waals surface area contributed by atoms with Crippen LogP contribution in [-0.2, 0) is 22.2 Å². The van der Waals surface area contributed by atoms with Gasteiger partial charge in [-0.2, -0.15) is 0 Å². The largest absolute Gasteiger partial charge is 0 e. The molecule has 2 heterocycles.